The molecule has 1 aliphatic heterocycles. The second kappa shape index (κ2) is 4.64. The van der Waals surface area contributed by atoms with E-state index in [9.17, 15) is 9.90 Å². The molecule has 1 rings (SSSR count). The van der Waals surface area contributed by atoms with Crippen LogP contribution in [-0.2, 0) is 0 Å². The van der Waals surface area contributed by atoms with Crippen LogP contribution in [0.3, 0.4) is 0 Å². The van der Waals surface area contributed by atoms with E-state index in [2.05, 4.69) is 5.32 Å². The van der Waals surface area contributed by atoms with Gasteiger partial charge in [0.05, 0.1) is 6.10 Å². The van der Waals surface area contributed by atoms with Gasteiger partial charge in [-0.3, -0.25) is 0 Å². The third-order valence-electron chi connectivity index (χ3n) is 2.56. The molecule has 4 nitrogen and oxygen atoms in total. The van der Waals surface area contributed by atoms with Gasteiger partial charge >= 0.3 is 6.03 Å². The number of nitrogens with one attached hydrogen (secondary N) is 1. The van der Waals surface area contributed by atoms with Crippen molar-refractivity contribution in [2.45, 2.75) is 39.3 Å². The first-order chi connectivity index (χ1) is 6.50. The number of aliphatic hydroxyl groups is 1. The first-order valence-electron chi connectivity index (χ1n) is 5.24. The SMILES string of the molecule is CC(C)NC(=O)N1CCC(O)C(C)C1. The van der Waals surface area contributed by atoms with E-state index in [1.807, 2.05) is 20.8 Å². The highest BCUT2D eigenvalue weighted by molar-refractivity contribution is 5.74. The van der Waals surface area contributed by atoms with Crippen LogP contribution in [0.15, 0.2) is 0 Å². The molecule has 0 spiro atoms. The van der Waals surface area contributed by atoms with Crippen molar-refractivity contribution in [1.29, 1.82) is 0 Å². The summed E-state index contributed by atoms with van der Waals surface area (Å²) in [5.41, 5.74) is 0. The molecule has 0 aromatic carbocycles. The van der Waals surface area contributed by atoms with E-state index in [-0.39, 0.29) is 24.1 Å². The van der Waals surface area contributed by atoms with Gasteiger partial charge < -0.3 is 15.3 Å². The lowest BCUT2D eigenvalue weighted by molar-refractivity contribution is 0.0478. The zero-order valence-corrected chi connectivity index (χ0v) is 9.16. The largest absolute Gasteiger partial charge is 0.393 e. The summed E-state index contributed by atoms with van der Waals surface area (Å²) in [6, 6.07) is 0.156. The molecule has 2 N–H and O–H groups in total. The van der Waals surface area contributed by atoms with Crippen molar-refractivity contribution in [3.8, 4) is 0 Å². The van der Waals surface area contributed by atoms with Crippen LogP contribution in [0.5, 0.6) is 0 Å². The number of urea groups is 1. The molecule has 82 valence electrons. The number of hydrogen-bond acceptors (Lipinski definition) is 2. The van der Waals surface area contributed by atoms with Gasteiger partial charge in [0.1, 0.15) is 0 Å². The van der Waals surface area contributed by atoms with Crippen LogP contribution in [-0.4, -0.2) is 41.3 Å². The van der Waals surface area contributed by atoms with Gasteiger partial charge in [-0.05, 0) is 26.2 Å². The summed E-state index contributed by atoms with van der Waals surface area (Å²) in [6.07, 6.45) is 0.435. The molecule has 0 aliphatic carbocycles. The maximum absolute atomic E-state index is 11.6. The lowest BCUT2D eigenvalue weighted by Gasteiger charge is -2.34. The topological polar surface area (TPSA) is 52.6 Å². The van der Waals surface area contributed by atoms with Crippen molar-refractivity contribution in [1.82, 2.24) is 10.2 Å². The van der Waals surface area contributed by atoms with E-state index in [1.165, 1.54) is 0 Å². The van der Waals surface area contributed by atoms with E-state index >= 15 is 0 Å². The number of rotatable bonds is 1. The Kier molecular flexibility index (Phi) is 3.75. The van der Waals surface area contributed by atoms with Crippen LogP contribution in [0.25, 0.3) is 0 Å². The summed E-state index contributed by atoms with van der Waals surface area (Å²) in [5, 5.41) is 12.4. The van der Waals surface area contributed by atoms with E-state index in [4.69, 9.17) is 0 Å². The minimum Gasteiger partial charge on any atom is -0.393 e. The molecule has 0 aromatic rings. The highest BCUT2D eigenvalue weighted by Crippen LogP contribution is 2.16. The average Bonchev–Trinajstić information content (AvgIpc) is 2.08. The molecule has 4 heteroatoms. The number of carbonyl (C=O) groups is 1. The molecule has 0 radical (unpaired) electrons. The van der Waals surface area contributed by atoms with Gasteiger partial charge in [0.15, 0.2) is 0 Å². The number of nitrogens with zero attached hydrogens (tertiary/aromatic N) is 1. The van der Waals surface area contributed by atoms with Crippen LogP contribution >= 0.6 is 0 Å². The molecule has 14 heavy (non-hydrogen) atoms. The molecule has 0 aromatic heterocycles. The average molecular weight is 200 g/mol. The van der Waals surface area contributed by atoms with E-state index in [0.717, 1.165) is 0 Å². The molecular formula is C10H20N2O2. The first kappa shape index (κ1) is 11.3. The standard InChI is InChI=1S/C10H20N2O2/c1-7(2)11-10(14)12-5-4-9(13)8(3)6-12/h7-9,13H,4-6H2,1-3H3,(H,11,14). The molecule has 0 saturated carbocycles. The van der Waals surface area contributed by atoms with E-state index < -0.39 is 0 Å². The minimum atomic E-state index is -0.252. The minimum absolute atomic E-state index is 0.0150. The van der Waals surface area contributed by atoms with Gasteiger partial charge in [-0.25, -0.2) is 4.79 Å². The normalized spacial score (nSPS) is 27.9. The third kappa shape index (κ3) is 2.87. The maximum atomic E-state index is 11.6. The molecule has 1 fully saturated rings. The third-order valence-corrected chi connectivity index (χ3v) is 2.56. The maximum Gasteiger partial charge on any atom is 0.317 e. The number of hydrogen-bond donors (Lipinski definition) is 2. The highest BCUT2D eigenvalue weighted by atomic mass is 16.3. The monoisotopic (exact) mass is 200 g/mol. The van der Waals surface area contributed by atoms with Gasteiger partial charge in [0.25, 0.3) is 0 Å². The van der Waals surface area contributed by atoms with Crippen molar-refractivity contribution in [3.63, 3.8) is 0 Å². The number of aliphatic hydroxyl groups excluding tert-OH is 1. The smallest absolute Gasteiger partial charge is 0.317 e. The van der Waals surface area contributed by atoms with Gasteiger partial charge in [0, 0.05) is 19.1 Å². The van der Waals surface area contributed by atoms with Crippen molar-refractivity contribution in [2.24, 2.45) is 5.92 Å². The second-order valence-corrected chi connectivity index (χ2v) is 4.38. The summed E-state index contributed by atoms with van der Waals surface area (Å²) in [4.78, 5) is 13.4. The van der Waals surface area contributed by atoms with E-state index in [0.29, 0.717) is 19.5 Å². The van der Waals surface area contributed by atoms with Crippen LogP contribution in [0, 0.1) is 5.92 Å². The molecule has 2 amide bonds. The molecule has 0 bridgehead atoms. The quantitative estimate of drug-likeness (QED) is 0.658. The summed E-state index contributed by atoms with van der Waals surface area (Å²) in [7, 11) is 0. The van der Waals surface area contributed by atoms with Crippen LogP contribution in [0.4, 0.5) is 4.79 Å². The first-order valence-corrected chi connectivity index (χ1v) is 5.24. The zero-order chi connectivity index (χ0) is 10.7. The molecular weight excluding hydrogens is 180 g/mol. The predicted molar refractivity (Wildman–Crippen MR) is 55.0 cm³/mol. The highest BCUT2D eigenvalue weighted by Gasteiger charge is 2.27. The van der Waals surface area contributed by atoms with Gasteiger partial charge in [-0.1, -0.05) is 6.92 Å². The Morgan fingerprint density at radius 2 is 2.21 bits per heavy atom. The lowest BCUT2D eigenvalue weighted by atomic mass is 9.97. The van der Waals surface area contributed by atoms with Gasteiger partial charge in [0.2, 0.25) is 0 Å². The summed E-state index contributed by atoms with van der Waals surface area (Å²) >= 11 is 0. The van der Waals surface area contributed by atoms with Crippen LogP contribution in [0.2, 0.25) is 0 Å². The summed E-state index contributed by atoms with van der Waals surface area (Å²) in [6.45, 7) is 7.17. The molecule has 1 saturated heterocycles. The summed E-state index contributed by atoms with van der Waals surface area (Å²) < 4.78 is 0. The lowest BCUT2D eigenvalue weighted by Crippen LogP contribution is -2.50. The Hall–Kier alpha value is -0.770. The number of carbonyl (C=O) groups excluding carboxylic acids is 1. The molecule has 1 heterocycles. The Morgan fingerprint density at radius 1 is 1.57 bits per heavy atom. The fraction of sp³-hybridized carbons (Fsp3) is 0.900. The van der Waals surface area contributed by atoms with Crippen LogP contribution in [0.1, 0.15) is 27.2 Å². The Labute approximate surface area is 85.3 Å². The van der Waals surface area contributed by atoms with Gasteiger partial charge in [-0.2, -0.15) is 0 Å². The summed E-state index contributed by atoms with van der Waals surface area (Å²) in [5.74, 6) is 0.182. The van der Waals surface area contributed by atoms with Crippen molar-refractivity contribution >= 4 is 6.03 Å². The van der Waals surface area contributed by atoms with Crippen molar-refractivity contribution < 1.29 is 9.90 Å². The predicted octanol–water partition coefficient (Wildman–Crippen LogP) is 0.807. The molecule has 1 aliphatic rings. The van der Waals surface area contributed by atoms with Crippen molar-refractivity contribution in [3.05, 3.63) is 0 Å². The van der Waals surface area contributed by atoms with Crippen LogP contribution < -0.4 is 5.32 Å². The zero-order valence-electron chi connectivity index (χ0n) is 9.16. The molecule has 2 unspecified atom stereocenters. The van der Waals surface area contributed by atoms with Gasteiger partial charge in [-0.15, -0.1) is 0 Å². The fourth-order valence-corrected chi connectivity index (χ4v) is 1.66. The van der Waals surface area contributed by atoms with Crippen molar-refractivity contribution in [2.75, 3.05) is 13.1 Å². The Morgan fingerprint density at radius 3 is 2.71 bits per heavy atom. The van der Waals surface area contributed by atoms with E-state index in [1.54, 1.807) is 4.90 Å². The Bertz CT molecular complexity index is 206. The number of likely N-dealkylation sites (tertiary alicyclic amines) is 1. The Balaban J connectivity index is 2.42. The fourth-order valence-electron chi connectivity index (χ4n) is 1.66. The number of amides is 2. The molecule has 2 atom stereocenters. The second-order valence-electron chi connectivity index (χ2n) is 4.38. The number of piperidine rings is 1.